The number of aromatic nitrogens is 2. The first kappa shape index (κ1) is 11.9. The van der Waals surface area contributed by atoms with E-state index >= 15 is 0 Å². The molecule has 88 valence electrons. The van der Waals surface area contributed by atoms with E-state index in [1.807, 2.05) is 0 Å². The largest absolute Gasteiger partial charge is 0.436 e. The number of rotatable bonds is 2. The van der Waals surface area contributed by atoms with Crippen LogP contribution in [0.15, 0.2) is 28.9 Å². The molecule has 1 aromatic carbocycles. The SMILES string of the molecule is Cc1nc(Br)cc(Oc2cccc(F)c2F)n1. The van der Waals surface area contributed by atoms with Gasteiger partial charge >= 0.3 is 0 Å². The minimum Gasteiger partial charge on any atom is -0.436 e. The molecule has 1 aromatic heterocycles. The molecule has 0 fully saturated rings. The molecule has 6 heteroatoms. The van der Waals surface area contributed by atoms with Crippen molar-refractivity contribution in [1.29, 1.82) is 0 Å². The van der Waals surface area contributed by atoms with Crippen molar-refractivity contribution >= 4 is 15.9 Å². The second kappa shape index (κ2) is 4.75. The van der Waals surface area contributed by atoms with Gasteiger partial charge < -0.3 is 4.74 Å². The van der Waals surface area contributed by atoms with Crippen LogP contribution in [0.3, 0.4) is 0 Å². The van der Waals surface area contributed by atoms with Gasteiger partial charge in [-0.3, -0.25) is 0 Å². The van der Waals surface area contributed by atoms with Gasteiger partial charge in [0.25, 0.3) is 0 Å². The highest BCUT2D eigenvalue weighted by Crippen LogP contribution is 2.25. The van der Waals surface area contributed by atoms with Crippen LogP contribution in [0.25, 0.3) is 0 Å². The molecule has 0 radical (unpaired) electrons. The van der Waals surface area contributed by atoms with E-state index in [-0.39, 0.29) is 11.6 Å². The smallest absolute Gasteiger partial charge is 0.223 e. The predicted octanol–water partition coefficient (Wildman–Crippen LogP) is 3.62. The van der Waals surface area contributed by atoms with Gasteiger partial charge in [0.2, 0.25) is 11.7 Å². The Morgan fingerprint density at radius 2 is 2.00 bits per heavy atom. The van der Waals surface area contributed by atoms with E-state index < -0.39 is 11.6 Å². The van der Waals surface area contributed by atoms with Crippen molar-refractivity contribution in [3.8, 4) is 11.6 Å². The van der Waals surface area contributed by atoms with E-state index in [0.29, 0.717) is 10.4 Å². The number of nitrogens with zero attached hydrogens (tertiary/aromatic N) is 2. The van der Waals surface area contributed by atoms with E-state index in [1.54, 1.807) is 6.92 Å². The molecule has 2 aromatic rings. The minimum atomic E-state index is -1.04. The Labute approximate surface area is 105 Å². The molecule has 0 atom stereocenters. The summed E-state index contributed by atoms with van der Waals surface area (Å²) < 4.78 is 31.9. The molecule has 1 heterocycles. The zero-order valence-corrected chi connectivity index (χ0v) is 10.3. The van der Waals surface area contributed by atoms with E-state index in [4.69, 9.17) is 4.74 Å². The van der Waals surface area contributed by atoms with E-state index in [9.17, 15) is 8.78 Å². The number of ether oxygens (including phenoxy) is 1. The molecule has 17 heavy (non-hydrogen) atoms. The first-order valence-electron chi connectivity index (χ1n) is 4.69. The lowest BCUT2D eigenvalue weighted by molar-refractivity contribution is 0.403. The maximum atomic E-state index is 13.3. The Morgan fingerprint density at radius 3 is 2.71 bits per heavy atom. The molecule has 0 aliphatic heterocycles. The number of hydrogen-bond donors (Lipinski definition) is 0. The Kier molecular flexibility index (Phi) is 3.33. The van der Waals surface area contributed by atoms with Crippen molar-refractivity contribution in [2.24, 2.45) is 0 Å². The average molecular weight is 301 g/mol. The summed E-state index contributed by atoms with van der Waals surface area (Å²) in [6.07, 6.45) is 0. The molecule has 2 rings (SSSR count). The van der Waals surface area contributed by atoms with Crippen molar-refractivity contribution in [3.63, 3.8) is 0 Å². The van der Waals surface area contributed by atoms with Crippen molar-refractivity contribution in [2.75, 3.05) is 0 Å². The topological polar surface area (TPSA) is 35.0 Å². The molecular formula is C11H7BrF2N2O. The van der Waals surface area contributed by atoms with Gasteiger partial charge in [0, 0.05) is 6.07 Å². The van der Waals surface area contributed by atoms with Crippen molar-refractivity contribution in [1.82, 2.24) is 9.97 Å². The van der Waals surface area contributed by atoms with E-state index in [0.717, 1.165) is 6.07 Å². The van der Waals surface area contributed by atoms with Crippen molar-refractivity contribution in [2.45, 2.75) is 6.92 Å². The summed E-state index contributed by atoms with van der Waals surface area (Å²) >= 11 is 3.16. The molecule has 0 aliphatic carbocycles. The minimum absolute atomic E-state index is 0.147. The highest BCUT2D eigenvalue weighted by atomic mass is 79.9. The fourth-order valence-electron chi connectivity index (χ4n) is 1.23. The molecule has 0 aliphatic rings. The second-order valence-electron chi connectivity index (χ2n) is 3.23. The van der Waals surface area contributed by atoms with Crippen LogP contribution in [0.1, 0.15) is 5.82 Å². The predicted molar refractivity (Wildman–Crippen MR) is 60.9 cm³/mol. The highest BCUT2D eigenvalue weighted by molar-refractivity contribution is 9.10. The third-order valence-corrected chi connectivity index (χ3v) is 2.32. The number of aryl methyl sites for hydroxylation is 1. The Bertz CT molecular complexity index is 543. The third-order valence-electron chi connectivity index (χ3n) is 1.91. The fourth-order valence-corrected chi connectivity index (χ4v) is 1.69. The van der Waals surface area contributed by atoms with E-state index in [2.05, 4.69) is 25.9 Å². The van der Waals surface area contributed by atoms with Gasteiger partial charge in [-0.25, -0.2) is 9.37 Å². The molecule has 0 saturated heterocycles. The zero-order chi connectivity index (χ0) is 12.4. The zero-order valence-electron chi connectivity index (χ0n) is 8.75. The molecule has 0 amide bonds. The van der Waals surface area contributed by atoms with Crippen LogP contribution >= 0.6 is 15.9 Å². The molecule has 3 nitrogen and oxygen atoms in total. The highest BCUT2D eigenvalue weighted by Gasteiger charge is 2.11. The van der Waals surface area contributed by atoms with Crippen molar-refractivity contribution < 1.29 is 13.5 Å². The fraction of sp³-hybridized carbons (Fsp3) is 0.0909. The average Bonchev–Trinajstić information content (AvgIpc) is 2.23. The van der Waals surface area contributed by atoms with Gasteiger partial charge in [-0.1, -0.05) is 6.07 Å². The summed E-state index contributed by atoms with van der Waals surface area (Å²) in [5, 5.41) is 0. The molecule has 0 N–H and O–H groups in total. The molecule has 0 unspecified atom stereocenters. The van der Waals surface area contributed by atoms with Crippen LogP contribution in [0.5, 0.6) is 11.6 Å². The monoisotopic (exact) mass is 300 g/mol. The Hall–Kier alpha value is -1.56. The van der Waals surface area contributed by atoms with Gasteiger partial charge in [-0.15, -0.1) is 0 Å². The summed E-state index contributed by atoms with van der Waals surface area (Å²) in [5.41, 5.74) is 0. The summed E-state index contributed by atoms with van der Waals surface area (Å²) in [4.78, 5) is 7.92. The molecule has 0 bridgehead atoms. The molecule has 0 spiro atoms. The van der Waals surface area contributed by atoms with Gasteiger partial charge in [0.15, 0.2) is 11.6 Å². The van der Waals surface area contributed by atoms with Gasteiger partial charge in [0.1, 0.15) is 10.4 Å². The van der Waals surface area contributed by atoms with Crippen LogP contribution in [-0.2, 0) is 0 Å². The number of halogens is 3. The Morgan fingerprint density at radius 1 is 1.24 bits per heavy atom. The molecule has 0 saturated carbocycles. The summed E-state index contributed by atoms with van der Waals surface area (Å²) in [7, 11) is 0. The lowest BCUT2D eigenvalue weighted by Crippen LogP contribution is -1.96. The van der Waals surface area contributed by atoms with Crippen LogP contribution in [0.2, 0.25) is 0 Å². The first-order chi connectivity index (χ1) is 8.06. The lowest BCUT2D eigenvalue weighted by Gasteiger charge is -2.06. The maximum Gasteiger partial charge on any atom is 0.223 e. The summed E-state index contributed by atoms with van der Waals surface area (Å²) in [5.74, 6) is -1.61. The van der Waals surface area contributed by atoms with Crippen molar-refractivity contribution in [3.05, 3.63) is 46.3 Å². The number of hydrogen-bond acceptors (Lipinski definition) is 3. The second-order valence-corrected chi connectivity index (χ2v) is 4.04. The molecular weight excluding hydrogens is 294 g/mol. The summed E-state index contributed by atoms with van der Waals surface area (Å²) in [6, 6.07) is 5.17. The van der Waals surface area contributed by atoms with Crippen LogP contribution < -0.4 is 4.74 Å². The standard InChI is InChI=1S/C11H7BrF2N2O/c1-6-15-9(12)5-10(16-6)17-8-4-2-3-7(13)11(8)14/h2-5H,1H3. The normalized spacial score (nSPS) is 10.4. The number of benzene rings is 1. The Balaban J connectivity index is 2.34. The third kappa shape index (κ3) is 2.76. The quantitative estimate of drug-likeness (QED) is 0.795. The van der Waals surface area contributed by atoms with Crippen LogP contribution in [-0.4, -0.2) is 9.97 Å². The maximum absolute atomic E-state index is 13.3. The summed E-state index contributed by atoms with van der Waals surface area (Å²) in [6.45, 7) is 1.67. The van der Waals surface area contributed by atoms with E-state index in [1.165, 1.54) is 18.2 Å². The van der Waals surface area contributed by atoms with Gasteiger partial charge in [-0.2, -0.15) is 9.37 Å². The van der Waals surface area contributed by atoms with Gasteiger partial charge in [-0.05, 0) is 35.0 Å². The first-order valence-corrected chi connectivity index (χ1v) is 5.48. The van der Waals surface area contributed by atoms with Gasteiger partial charge in [0.05, 0.1) is 0 Å². The van der Waals surface area contributed by atoms with Crippen LogP contribution in [0.4, 0.5) is 8.78 Å². The van der Waals surface area contributed by atoms with Crippen LogP contribution in [0, 0.1) is 18.6 Å². The lowest BCUT2D eigenvalue weighted by atomic mass is 10.3.